The van der Waals surface area contributed by atoms with Crippen molar-refractivity contribution in [3.63, 3.8) is 0 Å². The maximum atomic E-state index is 12.6. The molecule has 0 N–H and O–H groups in total. The maximum absolute atomic E-state index is 12.6. The van der Waals surface area contributed by atoms with Crippen molar-refractivity contribution in [3.05, 3.63) is 63.3 Å². The van der Waals surface area contributed by atoms with Crippen LogP contribution in [0.4, 0.5) is 5.69 Å². The highest BCUT2D eigenvalue weighted by molar-refractivity contribution is 7.95. The van der Waals surface area contributed by atoms with Gasteiger partial charge in [-0.15, -0.1) is 0 Å². The van der Waals surface area contributed by atoms with Crippen molar-refractivity contribution < 1.29 is 21.8 Å². The molecule has 25 heavy (non-hydrogen) atoms. The Balaban J connectivity index is 2.57. The fourth-order valence-electron chi connectivity index (χ4n) is 1.92. The van der Waals surface area contributed by atoms with E-state index in [-0.39, 0.29) is 16.3 Å². The maximum Gasteiger partial charge on any atom is 0.269 e. The number of nitriles is 1. The summed E-state index contributed by atoms with van der Waals surface area (Å²) in [6.45, 7) is 0. The number of nitro groups is 1. The third kappa shape index (κ3) is 3.76. The second-order valence-electron chi connectivity index (χ2n) is 4.88. The molecule has 0 saturated carbocycles. The molecule has 2 rings (SSSR count). The minimum absolute atomic E-state index is 0.0414. The van der Waals surface area contributed by atoms with Crippen LogP contribution in [0.15, 0.2) is 52.4 Å². The summed E-state index contributed by atoms with van der Waals surface area (Å²) in [6, 6.07) is 8.43. The van der Waals surface area contributed by atoms with Crippen LogP contribution in [0.2, 0.25) is 0 Å². The predicted octanol–water partition coefficient (Wildman–Crippen LogP) is 1.54. The zero-order valence-electron chi connectivity index (χ0n) is 12.7. The van der Waals surface area contributed by atoms with Gasteiger partial charge in [-0.1, -0.05) is 0 Å². The Labute approximate surface area is 143 Å². The molecule has 1 heterocycles. The van der Waals surface area contributed by atoms with Crippen LogP contribution in [-0.4, -0.2) is 32.0 Å². The Hall–Kier alpha value is -2.97. The summed E-state index contributed by atoms with van der Waals surface area (Å²) in [5.41, 5.74) is -0.309. The molecule has 0 amide bonds. The van der Waals surface area contributed by atoms with E-state index in [0.29, 0.717) is 0 Å². The SMILES string of the molecule is CS(=O)(=O)/C(C#N)=C/c1cccn1S(=O)(=O)c1ccc([N+](=O)[O-])cc1. The van der Waals surface area contributed by atoms with Crippen molar-refractivity contribution in [2.45, 2.75) is 4.90 Å². The molecule has 0 fully saturated rings. The number of hydrogen-bond acceptors (Lipinski definition) is 7. The van der Waals surface area contributed by atoms with Crippen LogP contribution < -0.4 is 0 Å². The minimum Gasteiger partial charge on any atom is -0.258 e. The van der Waals surface area contributed by atoms with Gasteiger partial charge in [-0.2, -0.15) is 5.26 Å². The van der Waals surface area contributed by atoms with Gasteiger partial charge in [0.15, 0.2) is 9.84 Å². The van der Waals surface area contributed by atoms with Gasteiger partial charge in [0, 0.05) is 24.6 Å². The Morgan fingerprint density at radius 2 is 1.80 bits per heavy atom. The molecule has 130 valence electrons. The fourth-order valence-corrected chi connectivity index (χ4v) is 3.75. The predicted molar refractivity (Wildman–Crippen MR) is 88.5 cm³/mol. The second kappa shape index (κ2) is 6.50. The van der Waals surface area contributed by atoms with Crippen LogP contribution in [-0.2, 0) is 19.9 Å². The van der Waals surface area contributed by atoms with Gasteiger partial charge in [0.25, 0.3) is 15.7 Å². The number of hydrogen-bond donors (Lipinski definition) is 0. The first-order valence-corrected chi connectivity index (χ1v) is 9.90. The van der Waals surface area contributed by atoms with Gasteiger partial charge in [0.05, 0.1) is 15.5 Å². The van der Waals surface area contributed by atoms with E-state index >= 15 is 0 Å². The van der Waals surface area contributed by atoms with Crippen LogP contribution in [0.25, 0.3) is 6.08 Å². The molecule has 1 aromatic heterocycles. The molecule has 0 aliphatic rings. The van der Waals surface area contributed by atoms with E-state index in [9.17, 15) is 26.9 Å². The highest BCUT2D eigenvalue weighted by Gasteiger charge is 2.21. The number of nitro benzene ring substituents is 1. The monoisotopic (exact) mass is 381 g/mol. The first-order chi connectivity index (χ1) is 11.6. The number of rotatable bonds is 5. The third-order valence-corrected chi connectivity index (χ3v) is 5.86. The summed E-state index contributed by atoms with van der Waals surface area (Å²) in [5.74, 6) is 0. The largest absolute Gasteiger partial charge is 0.269 e. The molecule has 11 heteroatoms. The van der Waals surface area contributed by atoms with E-state index in [4.69, 9.17) is 5.26 Å². The number of non-ortho nitro benzene ring substituents is 1. The van der Waals surface area contributed by atoms with Gasteiger partial charge in [-0.25, -0.2) is 20.8 Å². The zero-order valence-corrected chi connectivity index (χ0v) is 14.4. The van der Waals surface area contributed by atoms with Crippen LogP contribution in [0.1, 0.15) is 5.69 Å². The number of nitrogens with zero attached hydrogens (tertiary/aromatic N) is 3. The van der Waals surface area contributed by atoms with Crippen LogP contribution in [0.5, 0.6) is 0 Å². The van der Waals surface area contributed by atoms with Gasteiger partial charge in [0.1, 0.15) is 11.0 Å². The van der Waals surface area contributed by atoms with Gasteiger partial charge >= 0.3 is 0 Å². The average molecular weight is 381 g/mol. The van der Waals surface area contributed by atoms with E-state index in [2.05, 4.69) is 0 Å². The van der Waals surface area contributed by atoms with Gasteiger partial charge in [-0.05, 0) is 30.3 Å². The van der Waals surface area contributed by atoms with E-state index in [1.165, 1.54) is 24.4 Å². The van der Waals surface area contributed by atoms with E-state index < -0.39 is 29.7 Å². The van der Waals surface area contributed by atoms with Crippen molar-refractivity contribution in [3.8, 4) is 6.07 Å². The molecule has 9 nitrogen and oxygen atoms in total. The van der Waals surface area contributed by atoms with Crippen LogP contribution >= 0.6 is 0 Å². The van der Waals surface area contributed by atoms with Crippen molar-refractivity contribution in [2.75, 3.05) is 6.26 Å². The molecule has 0 saturated heterocycles. The molecule has 0 aliphatic carbocycles. The smallest absolute Gasteiger partial charge is 0.258 e. The van der Waals surface area contributed by atoms with Gasteiger partial charge in [-0.3, -0.25) is 10.1 Å². The average Bonchev–Trinajstić information content (AvgIpc) is 3.00. The quantitative estimate of drug-likeness (QED) is 0.434. The second-order valence-corrected chi connectivity index (χ2v) is 8.68. The summed E-state index contributed by atoms with van der Waals surface area (Å²) < 4.78 is 49.1. The van der Waals surface area contributed by atoms with E-state index in [0.717, 1.165) is 40.6 Å². The van der Waals surface area contributed by atoms with Crippen LogP contribution in [0, 0.1) is 21.4 Å². The first-order valence-electron chi connectivity index (χ1n) is 6.56. The molecule has 0 unspecified atom stereocenters. The number of benzene rings is 1. The van der Waals surface area contributed by atoms with Gasteiger partial charge < -0.3 is 0 Å². The molecule has 1 aromatic carbocycles. The van der Waals surface area contributed by atoms with Crippen molar-refractivity contribution in [2.24, 2.45) is 0 Å². The highest BCUT2D eigenvalue weighted by atomic mass is 32.2. The Bertz CT molecular complexity index is 1100. The summed E-state index contributed by atoms with van der Waals surface area (Å²) in [6.07, 6.45) is 2.96. The Morgan fingerprint density at radius 3 is 2.28 bits per heavy atom. The normalized spacial score (nSPS) is 12.6. The molecule has 0 atom stereocenters. The molecule has 2 aromatic rings. The zero-order chi connectivity index (χ0) is 18.8. The van der Waals surface area contributed by atoms with E-state index in [1.54, 1.807) is 0 Å². The summed E-state index contributed by atoms with van der Waals surface area (Å²) in [4.78, 5) is 9.18. The fraction of sp³-hybridized carbons (Fsp3) is 0.0714. The number of aromatic nitrogens is 1. The van der Waals surface area contributed by atoms with Crippen molar-refractivity contribution >= 4 is 31.6 Å². The lowest BCUT2D eigenvalue weighted by atomic mass is 10.3. The first kappa shape index (κ1) is 18.4. The molecule has 0 aliphatic heterocycles. The number of allylic oxidation sites excluding steroid dienone is 1. The lowest BCUT2D eigenvalue weighted by Crippen LogP contribution is -2.13. The molecular formula is C14H11N3O6S2. The van der Waals surface area contributed by atoms with Crippen molar-refractivity contribution in [1.29, 1.82) is 5.26 Å². The topological polar surface area (TPSA) is 140 Å². The van der Waals surface area contributed by atoms with Crippen molar-refractivity contribution in [1.82, 2.24) is 3.97 Å². The third-order valence-electron chi connectivity index (χ3n) is 3.14. The summed E-state index contributed by atoms with van der Waals surface area (Å²) in [7, 11) is -7.94. The summed E-state index contributed by atoms with van der Waals surface area (Å²) >= 11 is 0. The molecular weight excluding hydrogens is 370 g/mol. The molecule has 0 spiro atoms. The Morgan fingerprint density at radius 1 is 1.20 bits per heavy atom. The highest BCUT2D eigenvalue weighted by Crippen LogP contribution is 2.21. The lowest BCUT2D eigenvalue weighted by molar-refractivity contribution is -0.384. The molecule has 0 radical (unpaired) electrons. The summed E-state index contributed by atoms with van der Waals surface area (Å²) in [5, 5.41) is 19.6. The van der Waals surface area contributed by atoms with Gasteiger partial charge in [0.2, 0.25) is 0 Å². The number of sulfone groups is 1. The van der Waals surface area contributed by atoms with Crippen LogP contribution in [0.3, 0.4) is 0 Å². The minimum atomic E-state index is -4.12. The molecule has 0 bridgehead atoms. The lowest BCUT2D eigenvalue weighted by Gasteiger charge is -2.08. The Kier molecular flexibility index (Phi) is 4.78. The van der Waals surface area contributed by atoms with E-state index in [1.807, 2.05) is 0 Å². The standard InChI is InChI=1S/C14H11N3O6S2/c1-24(20,21)14(10-15)9-12-3-2-8-16(12)25(22,23)13-6-4-11(5-7-13)17(18)19/h2-9H,1H3/b14-9+.